The molecule has 1 aliphatic carbocycles. The van der Waals surface area contributed by atoms with Crippen LogP contribution < -0.4 is 10.0 Å². The van der Waals surface area contributed by atoms with Crippen molar-refractivity contribution in [2.45, 2.75) is 23.3 Å². The van der Waals surface area contributed by atoms with Crippen LogP contribution in [-0.4, -0.2) is 18.3 Å². The fourth-order valence-electron chi connectivity index (χ4n) is 4.83. The maximum atomic E-state index is 13.1. The van der Waals surface area contributed by atoms with Crippen LogP contribution >= 0.6 is 11.6 Å². The van der Waals surface area contributed by atoms with Crippen molar-refractivity contribution in [2.75, 3.05) is 10.0 Å². The number of nitro groups is 2. The van der Waals surface area contributed by atoms with Crippen molar-refractivity contribution in [3.05, 3.63) is 109 Å². The number of fused-ring (bicyclic) bond motifs is 3. The number of nitrogens with one attached hydrogen (secondary N) is 2. The maximum absolute atomic E-state index is 13.1. The Morgan fingerprint density at radius 1 is 0.944 bits per heavy atom. The van der Waals surface area contributed by atoms with E-state index in [0.717, 1.165) is 11.6 Å². The lowest BCUT2D eigenvalue weighted by Gasteiger charge is -2.38. The fourth-order valence-corrected chi connectivity index (χ4v) is 6.15. The number of non-ortho nitro benzene ring substituents is 2. The summed E-state index contributed by atoms with van der Waals surface area (Å²) in [7, 11) is -4.03. The summed E-state index contributed by atoms with van der Waals surface area (Å²) in [6, 6.07) is 14.0. The van der Waals surface area contributed by atoms with E-state index in [1.165, 1.54) is 42.5 Å². The fraction of sp³-hybridized carbons (Fsp3) is 0.167. The SMILES string of the molecule is O=[N+]([O-])c1cccc(NS(=O)(=O)c2ccc3c(c2)[C@H]2C=CC[C@H]2[C@@H](c2cc([N+](=O)[O-])ccc2Cl)N3)c1. The molecule has 10 nitrogen and oxygen atoms in total. The molecule has 2 aliphatic rings. The molecule has 5 rings (SSSR count). The summed E-state index contributed by atoms with van der Waals surface area (Å²) < 4.78 is 28.6. The Balaban J connectivity index is 1.49. The molecule has 1 heterocycles. The van der Waals surface area contributed by atoms with E-state index >= 15 is 0 Å². The van der Waals surface area contributed by atoms with Crippen LogP contribution in [0.1, 0.15) is 29.5 Å². The molecule has 0 amide bonds. The number of anilines is 2. The first-order chi connectivity index (χ1) is 17.1. The Morgan fingerprint density at radius 2 is 1.69 bits per heavy atom. The summed E-state index contributed by atoms with van der Waals surface area (Å²) in [6.45, 7) is 0. The van der Waals surface area contributed by atoms with E-state index in [9.17, 15) is 28.6 Å². The van der Waals surface area contributed by atoms with Crippen LogP contribution in [0.5, 0.6) is 0 Å². The Hall–Kier alpha value is -3.96. The van der Waals surface area contributed by atoms with Crippen LogP contribution in [0.25, 0.3) is 0 Å². The topological polar surface area (TPSA) is 144 Å². The van der Waals surface area contributed by atoms with Gasteiger partial charge < -0.3 is 5.32 Å². The highest BCUT2D eigenvalue weighted by atomic mass is 35.5. The molecular weight excluding hydrogens is 508 g/mol. The minimum atomic E-state index is -4.03. The van der Waals surface area contributed by atoms with E-state index in [0.29, 0.717) is 22.7 Å². The second kappa shape index (κ2) is 8.92. The summed E-state index contributed by atoms with van der Waals surface area (Å²) in [6.07, 6.45) is 4.70. The third-order valence-electron chi connectivity index (χ3n) is 6.48. The van der Waals surface area contributed by atoms with E-state index < -0.39 is 19.9 Å². The summed E-state index contributed by atoms with van der Waals surface area (Å²) >= 11 is 6.43. The molecule has 0 aromatic heterocycles. The first kappa shape index (κ1) is 23.8. The maximum Gasteiger partial charge on any atom is 0.271 e. The summed E-state index contributed by atoms with van der Waals surface area (Å²) in [5.41, 5.74) is 1.88. The van der Waals surface area contributed by atoms with Crippen LogP contribution in [0.15, 0.2) is 77.7 Å². The van der Waals surface area contributed by atoms with Gasteiger partial charge in [-0.05, 0) is 48.2 Å². The molecule has 0 unspecified atom stereocenters. The highest BCUT2D eigenvalue weighted by Crippen LogP contribution is 2.51. The molecular formula is C24H19ClN4O6S. The molecule has 2 N–H and O–H groups in total. The van der Waals surface area contributed by atoms with Gasteiger partial charge in [-0.3, -0.25) is 25.0 Å². The van der Waals surface area contributed by atoms with Gasteiger partial charge in [-0.2, -0.15) is 0 Å². The van der Waals surface area contributed by atoms with Gasteiger partial charge in [0.1, 0.15) is 0 Å². The predicted octanol–water partition coefficient (Wildman–Crippen LogP) is 5.78. The van der Waals surface area contributed by atoms with Crippen molar-refractivity contribution < 1.29 is 18.3 Å². The molecule has 3 atom stereocenters. The lowest BCUT2D eigenvalue weighted by molar-refractivity contribution is -0.385. The molecule has 1 aliphatic heterocycles. The number of nitrogens with zero attached hydrogens (tertiary/aromatic N) is 2. The number of hydrogen-bond donors (Lipinski definition) is 2. The Morgan fingerprint density at radius 3 is 2.44 bits per heavy atom. The van der Waals surface area contributed by atoms with Gasteiger partial charge in [-0.15, -0.1) is 0 Å². The number of halogens is 1. The highest BCUT2D eigenvalue weighted by Gasteiger charge is 2.39. The quantitative estimate of drug-likeness (QED) is 0.235. The Labute approximate surface area is 211 Å². The Bertz CT molecular complexity index is 1540. The van der Waals surface area contributed by atoms with Gasteiger partial charge in [0.05, 0.1) is 26.5 Å². The number of allylic oxidation sites excluding steroid dienone is 2. The molecule has 0 bridgehead atoms. The lowest BCUT2D eigenvalue weighted by Crippen LogP contribution is -2.29. The zero-order chi connectivity index (χ0) is 25.6. The second-order valence-corrected chi connectivity index (χ2v) is 10.7. The summed E-state index contributed by atoms with van der Waals surface area (Å²) in [4.78, 5) is 21.3. The van der Waals surface area contributed by atoms with Crippen molar-refractivity contribution in [1.29, 1.82) is 0 Å². The van der Waals surface area contributed by atoms with Crippen LogP contribution in [0.2, 0.25) is 5.02 Å². The summed E-state index contributed by atoms with van der Waals surface area (Å²) in [5, 5.41) is 26.2. The van der Waals surface area contributed by atoms with Crippen molar-refractivity contribution in [3.8, 4) is 0 Å². The van der Waals surface area contributed by atoms with E-state index in [2.05, 4.69) is 10.0 Å². The normalized spacial score (nSPS) is 20.2. The van der Waals surface area contributed by atoms with E-state index in [1.54, 1.807) is 12.1 Å². The number of rotatable bonds is 6. The third kappa shape index (κ3) is 4.27. The van der Waals surface area contributed by atoms with Gasteiger partial charge >= 0.3 is 0 Å². The standard InChI is InChI=1S/C24H19ClN4O6S/c25-22-9-7-16(29(32)33)12-21(22)24-19-6-2-5-18(19)20-13-17(8-10-23(20)26-24)36(34,35)27-14-3-1-4-15(11-14)28(30)31/h1-5,7-13,18-19,24,26-27H,6H2/t18-,19+,24-/m0/s1. The zero-order valence-electron chi connectivity index (χ0n) is 18.5. The van der Waals surface area contributed by atoms with Crippen LogP contribution in [0.3, 0.4) is 0 Å². The average Bonchev–Trinajstić information content (AvgIpc) is 3.34. The van der Waals surface area contributed by atoms with Gasteiger partial charge in [0.2, 0.25) is 0 Å². The molecule has 3 aromatic carbocycles. The van der Waals surface area contributed by atoms with Crippen LogP contribution in [0.4, 0.5) is 22.7 Å². The van der Waals surface area contributed by atoms with E-state index in [1.807, 2.05) is 12.2 Å². The molecule has 36 heavy (non-hydrogen) atoms. The minimum absolute atomic E-state index is 0.0143. The van der Waals surface area contributed by atoms with Gasteiger partial charge in [-0.25, -0.2) is 8.42 Å². The van der Waals surface area contributed by atoms with Gasteiger partial charge in [-0.1, -0.05) is 29.8 Å². The zero-order valence-corrected chi connectivity index (χ0v) is 20.1. The van der Waals surface area contributed by atoms with Crippen molar-refractivity contribution in [3.63, 3.8) is 0 Å². The van der Waals surface area contributed by atoms with Crippen LogP contribution in [-0.2, 0) is 10.0 Å². The molecule has 0 fully saturated rings. The van der Waals surface area contributed by atoms with Crippen molar-refractivity contribution in [1.82, 2.24) is 0 Å². The van der Waals surface area contributed by atoms with E-state index in [-0.39, 0.29) is 39.8 Å². The lowest BCUT2D eigenvalue weighted by atomic mass is 9.77. The smallest absolute Gasteiger partial charge is 0.271 e. The first-order valence-electron chi connectivity index (χ1n) is 10.9. The first-order valence-corrected chi connectivity index (χ1v) is 12.8. The van der Waals surface area contributed by atoms with Crippen LogP contribution in [0, 0.1) is 26.1 Å². The minimum Gasteiger partial charge on any atom is -0.378 e. The molecule has 0 saturated heterocycles. The molecule has 184 valence electrons. The molecule has 0 radical (unpaired) electrons. The van der Waals surface area contributed by atoms with Gasteiger partial charge in [0.25, 0.3) is 21.4 Å². The molecule has 0 spiro atoms. The number of hydrogen-bond acceptors (Lipinski definition) is 7. The Kier molecular flexibility index (Phi) is 5.89. The largest absolute Gasteiger partial charge is 0.378 e. The number of nitro benzene ring substituents is 2. The third-order valence-corrected chi connectivity index (χ3v) is 8.20. The van der Waals surface area contributed by atoms with E-state index in [4.69, 9.17) is 11.6 Å². The average molecular weight is 527 g/mol. The second-order valence-electron chi connectivity index (χ2n) is 8.60. The number of sulfonamides is 1. The number of benzene rings is 3. The molecule has 3 aromatic rings. The molecule has 12 heteroatoms. The van der Waals surface area contributed by atoms with Gasteiger partial charge in [0, 0.05) is 46.5 Å². The predicted molar refractivity (Wildman–Crippen MR) is 135 cm³/mol. The van der Waals surface area contributed by atoms with Gasteiger partial charge in [0.15, 0.2) is 0 Å². The van der Waals surface area contributed by atoms with Crippen molar-refractivity contribution >= 4 is 44.4 Å². The molecule has 0 saturated carbocycles. The van der Waals surface area contributed by atoms with Crippen molar-refractivity contribution in [2.24, 2.45) is 5.92 Å². The monoisotopic (exact) mass is 526 g/mol. The summed E-state index contributed by atoms with van der Waals surface area (Å²) in [5.74, 6) is -0.158. The highest BCUT2D eigenvalue weighted by molar-refractivity contribution is 7.92.